The smallest absolute Gasteiger partial charge is 0.276 e. The van der Waals surface area contributed by atoms with Crippen LogP contribution in [0.25, 0.3) is 5.69 Å². The van der Waals surface area contributed by atoms with Crippen molar-refractivity contribution in [1.82, 2.24) is 24.2 Å². The number of piperazine rings is 1. The van der Waals surface area contributed by atoms with Crippen molar-refractivity contribution < 1.29 is 13.2 Å². The van der Waals surface area contributed by atoms with Gasteiger partial charge in [0.15, 0.2) is 5.69 Å². The van der Waals surface area contributed by atoms with Gasteiger partial charge in [-0.25, -0.2) is 8.42 Å². The third-order valence-corrected chi connectivity index (χ3v) is 7.08. The lowest BCUT2D eigenvalue weighted by Gasteiger charge is -2.33. The molecule has 1 amide bonds. The summed E-state index contributed by atoms with van der Waals surface area (Å²) in [6, 6.07) is 17.3. The normalized spacial score (nSPS) is 14.9. The second kappa shape index (κ2) is 8.29. The van der Waals surface area contributed by atoms with Crippen LogP contribution in [0.2, 0.25) is 0 Å². The number of hydrogen-bond acceptors (Lipinski definition) is 6. The Morgan fingerprint density at radius 3 is 2.29 bits per heavy atom. The molecule has 31 heavy (non-hydrogen) atoms. The summed E-state index contributed by atoms with van der Waals surface area (Å²) < 4.78 is 27.3. The first-order valence-corrected chi connectivity index (χ1v) is 11.1. The standard InChI is InChI=1S/C21H20N6O3S/c1-16-20(24-27(23-16)18-8-3-2-4-9-18)21(28)25-11-13-26(14-12-25)31(29,30)19-10-6-5-7-17(19)15-22/h2-10H,11-14H2,1H3. The van der Waals surface area contributed by atoms with Crippen molar-refractivity contribution in [3.05, 3.63) is 71.5 Å². The largest absolute Gasteiger partial charge is 0.335 e. The van der Waals surface area contributed by atoms with Gasteiger partial charge in [0.2, 0.25) is 10.0 Å². The van der Waals surface area contributed by atoms with E-state index in [0.29, 0.717) is 5.69 Å². The average Bonchev–Trinajstić information content (AvgIpc) is 3.20. The zero-order valence-corrected chi connectivity index (χ0v) is 17.7. The van der Waals surface area contributed by atoms with E-state index in [4.69, 9.17) is 0 Å². The number of nitriles is 1. The zero-order valence-electron chi connectivity index (χ0n) is 16.8. The molecule has 0 spiro atoms. The summed E-state index contributed by atoms with van der Waals surface area (Å²) >= 11 is 0. The molecule has 4 rings (SSSR count). The van der Waals surface area contributed by atoms with Crippen LogP contribution in [0.15, 0.2) is 59.5 Å². The molecular formula is C21H20N6O3S. The van der Waals surface area contributed by atoms with E-state index in [0.717, 1.165) is 5.69 Å². The maximum atomic E-state index is 13.0. The van der Waals surface area contributed by atoms with Crippen LogP contribution in [0, 0.1) is 18.3 Å². The fourth-order valence-corrected chi connectivity index (χ4v) is 5.02. The highest BCUT2D eigenvalue weighted by molar-refractivity contribution is 7.89. The number of carbonyl (C=O) groups excluding carboxylic acids is 1. The lowest BCUT2D eigenvalue weighted by Crippen LogP contribution is -2.50. The Balaban J connectivity index is 1.49. The molecule has 3 aromatic rings. The van der Waals surface area contributed by atoms with Gasteiger partial charge in [-0.15, -0.1) is 5.10 Å². The SMILES string of the molecule is Cc1nn(-c2ccccc2)nc1C(=O)N1CCN(S(=O)(=O)c2ccccc2C#N)CC1. The van der Waals surface area contributed by atoms with Crippen molar-refractivity contribution in [3.63, 3.8) is 0 Å². The van der Waals surface area contributed by atoms with Crippen LogP contribution < -0.4 is 0 Å². The minimum atomic E-state index is -3.82. The summed E-state index contributed by atoms with van der Waals surface area (Å²) in [7, 11) is -3.82. The summed E-state index contributed by atoms with van der Waals surface area (Å²) in [5, 5.41) is 17.9. The fourth-order valence-electron chi connectivity index (χ4n) is 3.46. The Kier molecular flexibility index (Phi) is 5.54. The second-order valence-electron chi connectivity index (χ2n) is 7.06. The van der Waals surface area contributed by atoms with Crippen LogP contribution in [-0.4, -0.2) is 64.7 Å². The van der Waals surface area contributed by atoms with Gasteiger partial charge in [-0.2, -0.15) is 19.5 Å². The van der Waals surface area contributed by atoms with E-state index in [9.17, 15) is 18.5 Å². The van der Waals surface area contributed by atoms with Crippen molar-refractivity contribution >= 4 is 15.9 Å². The van der Waals surface area contributed by atoms with E-state index in [2.05, 4.69) is 10.2 Å². The summed E-state index contributed by atoms with van der Waals surface area (Å²) in [5.74, 6) is -0.283. The Morgan fingerprint density at radius 1 is 0.968 bits per heavy atom. The van der Waals surface area contributed by atoms with Crippen molar-refractivity contribution in [1.29, 1.82) is 5.26 Å². The van der Waals surface area contributed by atoms with E-state index in [1.807, 2.05) is 36.4 Å². The summed E-state index contributed by atoms with van der Waals surface area (Å²) in [6.45, 7) is 2.45. The van der Waals surface area contributed by atoms with Gasteiger partial charge in [0, 0.05) is 26.2 Å². The maximum absolute atomic E-state index is 13.0. The number of carbonyl (C=O) groups is 1. The molecule has 10 heteroatoms. The van der Waals surface area contributed by atoms with Crippen LogP contribution in [0.4, 0.5) is 0 Å². The highest BCUT2D eigenvalue weighted by atomic mass is 32.2. The third-order valence-electron chi connectivity index (χ3n) is 5.12. The van der Waals surface area contributed by atoms with Crippen molar-refractivity contribution in [2.24, 2.45) is 0 Å². The molecule has 9 nitrogen and oxygen atoms in total. The molecule has 2 aromatic carbocycles. The molecular weight excluding hydrogens is 416 g/mol. The number of nitrogens with zero attached hydrogens (tertiary/aromatic N) is 6. The Labute approximate surface area is 180 Å². The highest BCUT2D eigenvalue weighted by Gasteiger charge is 2.33. The quantitative estimate of drug-likeness (QED) is 0.614. The topological polar surface area (TPSA) is 112 Å². The van der Waals surface area contributed by atoms with Crippen LogP contribution in [0.5, 0.6) is 0 Å². The average molecular weight is 436 g/mol. The fraction of sp³-hybridized carbons (Fsp3) is 0.238. The summed E-state index contributed by atoms with van der Waals surface area (Å²) in [4.78, 5) is 16.0. The molecule has 0 atom stereocenters. The molecule has 0 bridgehead atoms. The number of amides is 1. The number of sulfonamides is 1. The van der Waals surface area contributed by atoms with E-state index in [1.54, 1.807) is 24.0 Å². The third kappa shape index (κ3) is 3.93. The molecule has 1 aliphatic heterocycles. The second-order valence-corrected chi connectivity index (χ2v) is 8.97. The molecule has 0 unspecified atom stereocenters. The Morgan fingerprint density at radius 2 is 1.61 bits per heavy atom. The van der Waals surface area contributed by atoms with Gasteiger partial charge in [-0.3, -0.25) is 4.79 Å². The first-order valence-electron chi connectivity index (χ1n) is 9.70. The molecule has 0 aliphatic carbocycles. The highest BCUT2D eigenvalue weighted by Crippen LogP contribution is 2.21. The minimum Gasteiger partial charge on any atom is -0.335 e. The van der Waals surface area contributed by atoms with Crippen molar-refractivity contribution in [2.45, 2.75) is 11.8 Å². The molecule has 1 saturated heterocycles. The molecule has 1 aliphatic rings. The summed E-state index contributed by atoms with van der Waals surface area (Å²) in [5.41, 5.74) is 1.60. The molecule has 1 aromatic heterocycles. The lowest BCUT2D eigenvalue weighted by molar-refractivity contribution is 0.0690. The number of benzene rings is 2. The summed E-state index contributed by atoms with van der Waals surface area (Å²) in [6.07, 6.45) is 0. The first kappa shape index (κ1) is 20.7. The van der Waals surface area contributed by atoms with Crippen molar-refractivity contribution in [3.8, 4) is 11.8 Å². The molecule has 158 valence electrons. The van der Waals surface area contributed by atoms with Crippen LogP contribution in [0.1, 0.15) is 21.7 Å². The molecule has 2 heterocycles. The van der Waals surface area contributed by atoms with Gasteiger partial charge in [0.25, 0.3) is 5.91 Å². The van der Waals surface area contributed by atoms with E-state index in [-0.39, 0.29) is 48.2 Å². The zero-order chi connectivity index (χ0) is 22.0. The van der Waals surface area contributed by atoms with Crippen LogP contribution >= 0.6 is 0 Å². The number of rotatable bonds is 4. The first-order chi connectivity index (χ1) is 14.9. The van der Waals surface area contributed by atoms with Crippen molar-refractivity contribution in [2.75, 3.05) is 26.2 Å². The Hall–Kier alpha value is -3.55. The van der Waals surface area contributed by atoms with Gasteiger partial charge in [-0.05, 0) is 31.2 Å². The molecule has 1 fully saturated rings. The predicted octanol–water partition coefficient (Wildman–Crippen LogP) is 1.59. The molecule has 0 radical (unpaired) electrons. The monoisotopic (exact) mass is 436 g/mol. The van der Waals surface area contributed by atoms with Gasteiger partial charge >= 0.3 is 0 Å². The predicted molar refractivity (Wildman–Crippen MR) is 112 cm³/mol. The lowest BCUT2D eigenvalue weighted by atomic mass is 10.2. The minimum absolute atomic E-state index is 0.0149. The van der Waals surface area contributed by atoms with E-state index >= 15 is 0 Å². The number of para-hydroxylation sites is 1. The number of hydrogen-bond donors (Lipinski definition) is 0. The van der Waals surface area contributed by atoms with E-state index in [1.165, 1.54) is 21.2 Å². The number of aromatic nitrogens is 3. The van der Waals surface area contributed by atoms with Gasteiger partial charge < -0.3 is 4.90 Å². The van der Waals surface area contributed by atoms with Gasteiger partial charge in [-0.1, -0.05) is 30.3 Å². The molecule has 0 N–H and O–H groups in total. The number of aryl methyl sites for hydroxylation is 1. The molecule has 0 saturated carbocycles. The van der Waals surface area contributed by atoms with E-state index < -0.39 is 10.0 Å². The Bertz CT molecular complexity index is 1260. The van der Waals surface area contributed by atoms with Gasteiger partial charge in [0.05, 0.1) is 21.8 Å². The van der Waals surface area contributed by atoms with Gasteiger partial charge in [0.1, 0.15) is 6.07 Å². The van der Waals surface area contributed by atoms with Crippen LogP contribution in [0.3, 0.4) is 0 Å². The van der Waals surface area contributed by atoms with Crippen LogP contribution in [-0.2, 0) is 10.0 Å². The maximum Gasteiger partial charge on any atom is 0.276 e.